The summed E-state index contributed by atoms with van der Waals surface area (Å²) in [6.07, 6.45) is 1.88. The van der Waals surface area contributed by atoms with E-state index in [0.717, 1.165) is 19.4 Å². The highest BCUT2D eigenvalue weighted by Gasteiger charge is 2.36. The maximum atomic E-state index is 12.6. The highest BCUT2D eigenvalue weighted by atomic mass is 16.5. The van der Waals surface area contributed by atoms with Gasteiger partial charge >= 0.3 is 0 Å². The lowest BCUT2D eigenvalue weighted by Crippen LogP contribution is -2.63. The third-order valence-corrected chi connectivity index (χ3v) is 5.31. The first-order valence-corrected chi connectivity index (χ1v) is 11.3. The number of carbonyl (C=O) groups excluding carboxylic acids is 4. The zero-order valence-corrected chi connectivity index (χ0v) is 19.8. The largest absolute Gasteiger partial charge is 0.378 e. The van der Waals surface area contributed by atoms with Gasteiger partial charge < -0.3 is 30.7 Å². The Bertz CT molecular complexity index is 615. The van der Waals surface area contributed by atoms with E-state index in [4.69, 9.17) is 9.47 Å². The van der Waals surface area contributed by atoms with Crippen LogP contribution in [0.15, 0.2) is 0 Å². The van der Waals surface area contributed by atoms with Gasteiger partial charge in [0, 0.05) is 38.0 Å². The highest BCUT2D eigenvalue weighted by Crippen LogP contribution is 2.22. The van der Waals surface area contributed by atoms with E-state index < -0.39 is 12.1 Å². The topological polar surface area (TPSA) is 135 Å². The summed E-state index contributed by atoms with van der Waals surface area (Å²) in [6, 6.07) is -1.27. The molecule has 1 rings (SSSR count). The number of amides is 1. The number of hydrogen-bond acceptors (Lipinski definition) is 9. The van der Waals surface area contributed by atoms with Gasteiger partial charge in [-0.3, -0.25) is 19.2 Å². The molecule has 1 aliphatic rings. The van der Waals surface area contributed by atoms with E-state index in [-0.39, 0.29) is 48.2 Å². The minimum atomic E-state index is -0.657. The molecule has 1 saturated carbocycles. The molecule has 0 heterocycles. The van der Waals surface area contributed by atoms with Gasteiger partial charge in [0.2, 0.25) is 5.91 Å². The molecule has 0 bridgehead atoms. The summed E-state index contributed by atoms with van der Waals surface area (Å²) < 4.78 is 10.8. The fraction of sp³-hybridized carbons (Fsp3) is 0.818. The van der Waals surface area contributed by atoms with E-state index in [1.165, 1.54) is 20.8 Å². The molecule has 0 radical (unpaired) electrons. The molecule has 1 fully saturated rings. The third-order valence-electron chi connectivity index (χ3n) is 5.31. The van der Waals surface area contributed by atoms with Gasteiger partial charge in [-0.05, 0) is 40.7 Å². The number of carbonyl (C=O) groups is 4. The maximum absolute atomic E-state index is 12.6. The molecule has 10 nitrogen and oxygen atoms in total. The van der Waals surface area contributed by atoms with Crippen molar-refractivity contribution in [3.63, 3.8) is 0 Å². The average Bonchev–Trinajstić information content (AvgIpc) is 2.70. The van der Waals surface area contributed by atoms with Crippen LogP contribution >= 0.6 is 0 Å². The van der Waals surface area contributed by atoms with Crippen molar-refractivity contribution in [1.29, 1.82) is 0 Å². The van der Waals surface area contributed by atoms with Crippen LogP contribution < -0.4 is 21.3 Å². The van der Waals surface area contributed by atoms with Crippen LogP contribution in [0.25, 0.3) is 0 Å². The Morgan fingerprint density at radius 1 is 0.781 bits per heavy atom. The summed E-state index contributed by atoms with van der Waals surface area (Å²) in [5.41, 5.74) is 0. The van der Waals surface area contributed by atoms with Gasteiger partial charge in [-0.15, -0.1) is 0 Å². The normalized spacial score (nSPS) is 19.6. The molecule has 4 atom stereocenters. The summed E-state index contributed by atoms with van der Waals surface area (Å²) in [5.74, 6) is -0.486. The molecule has 0 aliphatic heterocycles. The first kappa shape index (κ1) is 28.3. The van der Waals surface area contributed by atoms with Gasteiger partial charge in [-0.25, -0.2) is 0 Å². The molecule has 1 amide bonds. The van der Waals surface area contributed by atoms with Crippen LogP contribution in [0.3, 0.4) is 0 Å². The number of nitrogens with one attached hydrogen (secondary N) is 4. The summed E-state index contributed by atoms with van der Waals surface area (Å²) in [6.45, 7) is 7.40. The number of ether oxygens (including phenoxy) is 2. The molecular formula is C22H40N4O6. The van der Waals surface area contributed by atoms with Crippen LogP contribution in [0.2, 0.25) is 0 Å². The van der Waals surface area contributed by atoms with Gasteiger partial charge in [0.25, 0.3) is 0 Å². The third kappa shape index (κ3) is 11.8. The Morgan fingerprint density at radius 3 is 1.75 bits per heavy atom. The van der Waals surface area contributed by atoms with E-state index in [1.54, 1.807) is 0 Å². The van der Waals surface area contributed by atoms with Crippen molar-refractivity contribution in [2.75, 3.05) is 46.6 Å². The van der Waals surface area contributed by atoms with E-state index in [0.29, 0.717) is 33.0 Å². The van der Waals surface area contributed by atoms with Crippen molar-refractivity contribution < 1.29 is 28.7 Å². The van der Waals surface area contributed by atoms with E-state index in [9.17, 15) is 19.2 Å². The fourth-order valence-electron chi connectivity index (χ4n) is 3.40. The fourth-order valence-corrected chi connectivity index (χ4v) is 3.40. The molecule has 0 spiro atoms. The van der Waals surface area contributed by atoms with Gasteiger partial charge in [0.15, 0.2) is 0 Å². The number of Topliss-reactive ketones (excluding diaryl/α,β-unsaturated/α-hetero) is 3. The van der Waals surface area contributed by atoms with Crippen molar-refractivity contribution in [1.82, 2.24) is 21.3 Å². The van der Waals surface area contributed by atoms with Crippen molar-refractivity contribution in [2.45, 2.75) is 70.6 Å². The number of ketones is 3. The number of likely N-dealkylation sites (N-methyl/N-ethyl adjacent to an activating group) is 1. The Balaban J connectivity index is 2.42. The molecule has 2 unspecified atom stereocenters. The SMILES string of the molecule is CNCCOCCOCCNC(=O)[C@H](CC(C)=O)NC1CCC1N[C@@H](CC(C)=O)C(C)=O. The zero-order valence-electron chi connectivity index (χ0n) is 19.8. The second-order valence-corrected chi connectivity index (χ2v) is 8.27. The second-order valence-electron chi connectivity index (χ2n) is 8.27. The second kappa shape index (κ2) is 16.0. The van der Waals surface area contributed by atoms with Crippen LogP contribution in [0.5, 0.6) is 0 Å². The van der Waals surface area contributed by atoms with E-state index >= 15 is 0 Å². The van der Waals surface area contributed by atoms with E-state index in [2.05, 4.69) is 21.3 Å². The minimum Gasteiger partial charge on any atom is -0.378 e. The van der Waals surface area contributed by atoms with Crippen molar-refractivity contribution in [3.05, 3.63) is 0 Å². The molecule has 0 aromatic carbocycles. The molecule has 4 N–H and O–H groups in total. The monoisotopic (exact) mass is 456 g/mol. The summed E-state index contributed by atoms with van der Waals surface area (Å²) in [4.78, 5) is 47.5. The van der Waals surface area contributed by atoms with Crippen LogP contribution in [0, 0.1) is 0 Å². The maximum Gasteiger partial charge on any atom is 0.237 e. The molecule has 32 heavy (non-hydrogen) atoms. The number of hydrogen-bond donors (Lipinski definition) is 4. The minimum absolute atomic E-state index is 0.0308. The smallest absolute Gasteiger partial charge is 0.237 e. The standard InChI is InChI=1S/C22H40N4O6/c1-15(27)13-20(17(3)29)25-18-5-6-19(18)26-21(14-16(2)28)22(30)24-8-10-32-12-11-31-9-7-23-4/h18-21,23,25-26H,5-14H2,1-4H3,(H,24,30)/t18?,19?,20-,21-/m0/s1. The van der Waals surface area contributed by atoms with Crippen molar-refractivity contribution >= 4 is 23.3 Å². The van der Waals surface area contributed by atoms with Crippen LogP contribution in [0.4, 0.5) is 0 Å². The van der Waals surface area contributed by atoms with Gasteiger partial charge in [0.1, 0.15) is 17.3 Å². The van der Waals surface area contributed by atoms with Gasteiger partial charge in [0.05, 0.1) is 38.5 Å². The van der Waals surface area contributed by atoms with E-state index in [1.807, 2.05) is 7.05 Å². The molecule has 0 aromatic heterocycles. The summed E-state index contributed by atoms with van der Waals surface area (Å²) in [5, 5.41) is 12.3. The van der Waals surface area contributed by atoms with Crippen LogP contribution in [0.1, 0.15) is 46.5 Å². The quantitative estimate of drug-likeness (QED) is 0.187. The van der Waals surface area contributed by atoms with Crippen molar-refractivity contribution in [3.8, 4) is 0 Å². The predicted octanol–water partition coefficient (Wildman–Crippen LogP) is -0.650. The molecular weight excluding hydrogens is 416 g/mol. The van der Waals surface area contributed by atoms with Crippen LogP contribution in [-0.4, -0.2) is 94.0 Å². The molecule has 184 valence electrons. The molecule has 0 saturated heterocycles. The lowest BCUT2D eigenvalue weighted by Gasteiger charge is -2.41. The summed E-state index contributed by atoms with van der Waals surface area (Å²) in [7, 11) is 1.86. The molecule has 1 aliphatic carbocycles. The zero-order chi connectivity index (χ0) is 23.9. The lowest BCUT2D eigenvalue weighted by atomic mass is 9.84. The highest BCUT2D eigenvalue weighted by molar-refractivity contribution is 5.89. The van der Waals surface area contributed by atoms with Crippen LogP contribution in [-0.2, 0) is 28.7 Å². The lowest BCUT2D eigenvalue weighted by molar-refractivity contribution is -0.127. The molecule has 10 heteroatoms. The predicted molar refractivity (Wildman–Crippen MR) is 121 cm³/mol. The first-order valence-electron chi connectivity index (χ1n) is 11.3. The summed E-state index contributed by atoms with van der Waals surface area (Å²) >= 11 is 0. The van der Waals surface area contributed by atoms with Gasteiger partial charge in [-0.2, -0.15) is 0 Å². The Hall–Kier alpha value is -1.72. The Labute approximate surface area is 190 Å². The average molecular weight is 457 g/mol. The van der Waals surface area contributed by atoms with Gasteiger partial charge in [-0.1, -0.05) is 0 Å². The molecule has 0 aromatic rings. The Morgan fingerprint density at radius 2 is 1.28 bits per heavy atom. The Kier molecular flexibility index (Phi) is 14.1. The van der Waals surface area contributed by atoms with Crippen molar-refractivity contribution in [2.24, 2.45) is 0 Å². The number of rotatable bonds is 19. The first-order chi connectivity index (χ1) is 15.2.